The lowest BCUT2D eigenvalue weighted by atomic mass is 9.94. The number of aliphatic hydroxyl groups is 2. The van der Waals surface area contributed by atoms with Crippen LogP contribution in [0.25, 0.3) is 0 Å². The van der Waals surface area contributed by atoms with Crippen LogP contribution >= 0.6 is 0 Å². The van der Waals surface area contributed by atoms with Crippen molar-refractivity contribution in [2.75, 3.05) is 6.61 Å². The van der Waals surface area contributed by atoms with Gasteiger partial charge in [0, 0.05) is 0 Å². The van der Waals surface area contributed by atoms with Crippen molar-refractivity contribution in [3.05, 3.63) is 144 Å². The van der Waals surface area contributed by atoms with E-state index in [9.17, 15) is 10.2 Å². The van der Waals surface area contributed by atoms with Gasteiger partial charge in [-0.2, -0.15) is 0 Å². The lowest BCUT2D eigenvalue weighted by Crippen LogP contribution is -2.63. The molecule has 7 nitrogen and oxygen atoms in total. The second-order valence-electron chi connectivity index (χ2n) is 10.3. The molecule has 5 rings (SSSR count). The zero-order chi connectivity index (χ0) is 29.0. The van der Waals surface area contributed by atoms with E-state index in [0.29, 0.717) is 6.61 Å². The fourth-order valence-corrected chi connectivity index (χ4v) is 4.98. The fraction of sp³-hybridized carbons (Fsp3) is 0.314. The zero-order valence-corrected chi connectivity index (χ0v) is 23.5. The summed E-state index contributed by atoms with van der Waals surface area (Å²) < 4.78 is 31.0. The van der Waals surface area contributed by atoms with Crippen LogP contribution < -0.4 is 0 Å². The first-order valence-electron chi connectivity index (χ1n) is 14.3. The van der Waals surface area contributed by atoms with Gasteiger partial charge in [-0.1, -0.05) is 121 Å². The molecule has 0 radical (unpaired) electrons. The van der Waals surface area contributed by atoms with Gasteiger partial charge in [0.15, 0.2) is 6.29 Å². The largest absolute Gasteiger partial charge is 0.388 e. The van der Waals surface area contributed by atoms with E-state index in [1.54, 1.807) is 0 Å². The van der Waals surface area contributed by atoms with Crippen molar-refractivity contribution >= 4 is 0 Å². The van der Waals surface area contributed by atoms with Crippen LogP contribution in [-0.2, 0) is 50.1 Å². The maximum absolute atomic E-state index is 11.3. The Kier molecular flexibility index (Phi) is 11.3. The highest BCUT2D eigenvalue weighted by Gasteiger charge is 2.50. The first-order chi connectivity index (χ1) is 20.7. The first-order valence-corrected chi connectivity index (χ1v) is 14.3. The van der Waals surface area contributed by atoms with Crippen molar-refractivity contribution in [2.45, 2.75) is 63.2 Å². The molecule has 1 saturated heterocycles. The number of hydrogen-bond donors (Lipinski definition) is 2. The standard InChI is InChI=1S/C35H38O7/c36-30(25-38-21-26-13-5-1-6-14-26)31-32(39-22-27-15-7-2-8-16-27)33(40-23-28-17-9-3-10-18-28)34(35(37)42-31)41-24-29-19-11-4-12-20-29/h1-20,30-37H,21-25H2/t30-,31+,32-,33-,34+,35-/m0/s1. The van der Waals surface area contributed by atoms with Gasteiger partial charge in [-0.05, 0) is 22.3 Å². The van der Waals surface area contributed by atoms with Crippen LogP contribution in [0, 0.1) is 0 Å². The fourth-order valence-electron chi connectivity index (χ4n) is 4.98. The van der Waals surface area contributed by atoms with E-state index in [1.165, 1.54) is 0 Å². The van der Waals surface area contributed by atoms with Gasteiger partial charge in [0.05, 0.1) is 33.0 Å². The lowest BCUT2D eigenvalue weighted by Gasteiger charge is -2.45. The van der Waals surface area contributed by atoms with Crippen molar-refractivity contribution in [2.24, 2.45) is 0 Å². The summed E-state index contributed by atoms with van der Waals surface area (Å²) >= 11 is 0. The summed E-state index contributed by atoms with van der Waals surface area (Å²) in [5, 5.41) is 22.5. The molecular formula is C35H38O7. The quantitative estimate of drug-likeness (QED) is 0.220. The number of rotatable bonds is 14. The molecule has 6 atom stereocenters. The Morgan fingerprint density at radius 2 is 0.905 bits per heavy atom. The lowest BCUT2D eigenvalue weighted by molar-refractivity contribution is -0.325. The number of ether oxygens (including phenoxy) is 5. The first kappa shape index (κ1) is 30.1. The Bertz CT molecular complexity index is 1290. The molecule has 4 aromatic rings. The van der Waals surface area contributed by atoms with E-state index in [4.69, 9.17) is 23.7 Å². The molecule has 0 unspecified atom stereocenters. The topological polar surface area (TPSA) is 86.6 Å². The summed E-state index contributed by atoms with van der Waals surface area (Å²) in [6, 6.07) is 39.0. The molecule has 7 heteroatoms. The molecule has 0 bridgehead atoms. The minimum atomic E-state index is -1.36. The van der Waals surface area contributed by atoms with Crippen molar-refractivity contribution < 1.29 is 33.9 Å². The third-order valence-corrected chi connectivity index (χ3v) is 7.18. The Morgan fingerprint density at radius 1 is 0.524 bits per heavy atom. The van der Waals surface area contributed by atoms with Gasteiger partial charge in [-0.3, -0.25) is 0 Å². The summed E-state index contributed by atoms with van der Waals surface area (Å²) in [5.74, 6) is 0. The van der Waals surface area contributed by atoms with Crippen LogP contribution in [0.4, 0.5) is 0 Å². The van der Waals surface area contributed by atoms with Crippen LogP contribution in [0.2, 0.25) is 0 Å². The second-order valence-corrected chi connectivity index (χ2v) is 10.3. The van der Waals surface area contributed by atoms with E-state index in [2.05, 4.69) is 0 Å². The Labute approximate surface area is 247 Å². The molecule has 0 amide bonds. The highest BCUT2D eigenvalue weighted by molar-refractivity contribution is 5.16. The van der Waals surface area contributed by atoms with Crippen LogP contribution in [0.1, 0.15) is 22.3 Å². The Balaban J connectivity index is 1.36. The molecule has 220 valence electrons. The highest BCUT2D eigenvalue weighted by Crippen LogP contribution is 2.31. The number of aliphatic hydroxyl groups excluding tert-OH is 2. The normalized spacial score (nSPS) is 23.0. The van der Waals surface area contributed by atoms with Crippen LogP contribution in [0.5, 0.6) is 0 Å². The summed E-state index contributed by atoms with van der Waals surface area (Å²) in [7, 11) is 0. The molecule has 0 spiro atoms. The average molecular weight is 571 g/mol. The summed E-state index contributed by atoms with van der Waals surface area (Å²) in [6.07, 6.45) is -5.79. The molecule has 1 aliphatic heterocycles. The molecule has 1 fully saturated rings. The molecule has 1 heterocycles. The van der Waals surface area contributed by atoms with Gasteiger partial charge in [-0.25, -0.2) is 0 Å². The van der Waals surface area contributed by atoms with E-state index in [0.717, 1.165) is 22.3 Å². The summed E-state index contributed by atoms with van der Waals surface area (Å²) in [5.41, 5.74) is 3.86. The Morgan fingerprint density at radius 3 is 1.36 bits per heavy atom. The monoisotopic (exact) mass is 570 g/mol. The molecule has 1 aliphatic rings. The van der Waals surface area contributed by atoms with Crippen molar-refractivity contribution in [3.63, 3.8) is 0 Å². The molecular weight excluding hydrogens is 532 g/mol. The van der Waals surface area contributed by atoms with Crippen LogP contribution in [-0.4, -0.2) is 53.6 Å². The SMILES string of the molecule is O[C@@H](COCc1ccccc1)[C@H]1O[C@H](O)[C@H](OCc2ccccc2)[C@@H](OCc2ccccc2)[C@H]1OCc1ccccc1. The zero-order valence-electron chi connectivity index (χ0n) is 23.5. The molecule has 0 saturated carbocycles. The van der Waals surface area contributed by atoms with E-state index >= 15 is 0 Å². The van der Waals surface area contributed by atoms with Gasteiger partial charge in [0.1, 0.15) is 30.5 Å². The van der Waals surface area contributed by atoms with E-state index in [-0.39, 0.29) is 26.4 Å². The van der Waals surface area contributed by atoms with Gasteiger partial charge >= 0.3 is 0 Å². The highest BCUT2D eigenvalue weighted by atomic mass is 16.7. The predicted octanol–water partition coefficient (Wildman–Crippen LogP) is 5.04. The van der Waals surface area contributed by atoms with Crippen LogP contribution in [0.3, 0.4) is 0 Å². The molecule has 42 heavy (non-hydrogen) atoms. The molecule has 4 aromatic carbocycles. The van der Waals surface area contributed by atoms with Gasteiger partial charge in [0.25, 0.3) is 0 Å². The average Bonchev–Trinajstić information content (AvgIpc) is 3.04. The van der Waals surface area contributed by atoms with Gasteiger partial charge in [0.2, 0.25) is 0 Å². The number of hydrogen-bond acceptors (Lipinski definition) is 7. The smallest absolute Gasteiger partial charge is 0.184 e. The molecule has 0 aromatic heterocycles. The third kappa shape index (κ3) is 8.56. The minimum absolute atomic E-state index is 0.0155. The van der Waals surface area contributed by atoms with Gasteiger partial charge < -0.3 is 33.9 Å². The maximum Gasteiger partial charge on any atom is 0.184 e. The summed E-state index contributed by atoms with van der Waals surface area (Å²) in [6.45, 7) is 1.09. The summed E-state index contributed by atoms with van der Waals surface area (Å²) in [4.78, 5) is 0. The van der Waals surface area contributed by atoms with Crippen LogP contribution in [0.15, 0.2) is 121 Å². The molecule has 0 aliphatic carbocycles. The molecule has 2 N–H and O–H groups in total. The van der Waals surface area contributed by atoms with Crippen molar-refractivity contribution in [3.8, 4) is 0 Å². The van der Waals surface area contributed by atoms with E-state index < -0.39 is 36.8 Å². The third-order valence-electron chi connectivity index (χ3n) is 7.18. The number of benzene rings is 4. The second kappa shape index (κ2) is 15.7. The maximum atomic E-state index is 11.3. The predicted molar refractivity (Wildman–Crippen MR) is 158 cm³/mol. The Hall–Kier alpha value is -3.40. The minimum Gasteiger partial charge on any atom is -0.388 e. The van der Waals surface area contributed by atoms with Gasteiger partial charge in [-0.15, -0.1) is 0 Å². The van der Waals surface area contributed by atoms with Crippen molar-refractivity contribution in [1.29, 1.82) is 0 Å². The van der Waals surface area contributed by atoms with E-state index in [1.807, 2.05) is 121 Å². The van der Waals surface area contributed by atoms with Crippen molar-refractivity contribution in [1.82, 2.24) is 0 Å².